The number of hydrogen-bond donors (Lipinski definition) is 2. The van der Waals surface area contributed by atoms with Gasteiger partial charge in [0.2, 0.25) is 5.91 Å². The van der Waals surface area contributed by atoms with Crippen LogP contribution in [0.15, 0.2) is 18.2 Å². The molecule has 5 heteroatoms. The summed E-state index contributed by atoms with van der Waals surface area (Å²) in [6, 6.07) is 6.00. The molecular formula is C14H16FN3O. The van der Waals surface area contributed by atoms with Crippen molar-refractivity contribution in [2.24, 2.45) is 0 Å². The Hall–Kier alpha value is -1.93. The molecule has 0 aromatic heterocycles. The fraction of sp³-hybridized carbons (Fsp3) is 0.429. The first kappa shape index (κ1) is 13.5. The molecule has 2 N–H and O–H groups in total. The zero-order valence-electron chi connectivity index (χ0n) is 10.8. The predicted molar refractivity (Wildman–Crippen MR) is 70.0 cm³/mol. The van der Waals surface area contributed by atoms with Crippen LogP contribution in [0.2, 0.25) is 0 Å². The van der Waals surface area contributed by atoms with Crippen molar-refractivity contribution < 1.29 is 9.18 Å². The molecule has 1 aromatic carbocycles. The third kappa shape index (κ3) is 2.45. The molecule has 2 rings (SSSR count). The summed E-state index contributed by atoms with van der Waals surface area (Å²) in [5, 5.41) is 14.8. The fourth-order valence-corrected chi connectivity index (χ4v) is 2.45. The first-order chi connectivity index (χ1) is 9.13. The Labute approximate surface area is 111 Å². The number of benzene rings is 1. The Morgan fingerprint density at radius 1 is 1.63 bits per heavy atom. The van der Waals surface area contributed by atoms with Gasteiger partial charge in [0.05, 0.1) is 11.2 Å². The molecule has 1 saturated heterocycles. The van der Waals surface area contributed by atoms with Gasteiger partial charge in [-0.05, 0) is 37.9 Å². The average molecular weight is 261 g/mol. The van der Waals surface area contributed by atoms with E-state index in [1.807, 2.05) is 6.92 Å². The van der Waals surface area contributed by atoms with Gasteiger partial charge in [0.25, 0.3) is 0 Å². The van der Waals surface area contributed by atoms with Crippen molar-refractivity contribution in [3.8, 4) is 6.07 Å². The van der Waals surface area contributed by atoms with E-state index in [-0.39, 0.29) is 17.2 Å². The van der Waals surface area contributed by atoms with Crippen molar-refractivity contribution in [1.82, 2.24) is 5.32 Å². The number of hydrogen-bond acceptors (Lipinski definition) is 3. The second kappa shape index (κ2) is 5.37. The third-order valence-electron chi connectivity index (χ3n) is 3.66. The number of nitrogens with one attached hydrogen (secondary N) is 2. The van der Waals surface area contributed by atoms with Gasteiger partial charge in [-0.3, -0.25) is 4.79 Å². The Morgan fingerprint density at radius 3 is 3.00 bits per heavy atom. The SMILES string of the molecule is CCC1(C(=O)Nc2cccc(F)c2C#N)CCCN1. The lowest BCUT2D eigenvalue weighted by Crippen LogP contribution is -2.50. The lowest BCUT2D eigenvalue weighted by molar-refractivity contribution is -0.122. The summed E-state index contributed by atoms with van der Waals surface area (Å²) in [4.78, 5) is 12.3. The highest BCUT2D eigenvalue weighted by atomic mass is 19.1. The molecule has 1 aromatic rings. The molecule has 1 amide bonds. The van der Waals surface area contributed by atoms with Crippen LogP contribution in [0.5, 0.6) is 0 Å². The van der Waals surface area contributed by atoms with Crippen molar-refractivity contribution in [2.75, 3.05) is 11.9 Å². The maximum Gasteiger partial charge on any atom is 0.244 e. The van der Waals surface area contributed by atoms with Gasteiger partial charge in [-0.25, -0.2) is 4.39 Å². The molecule has 1 heterocycles. The predicted octanol–water partition coefficient (Wildman–Crippen LogP) is 2.17. The molecule has 1 atom stereocenters. The average Bonchev–Trinajstić information content (AvgIpc) is 2.89. The van der Waals surface area contributed by atoms with Gasteiger partial charge < -0.3 is 10.6 Å². The minimum Gasteiger partial charge on any atom is -0.323 e. The van der Waals surface area contributed by atoms with E-state index in [0.29, 0.717) is 6.42 Å². The lowest BCUT2D eigenvalue weighted by Gasteiger charge is -2.26. The Morgan fingerprint density at radius 2 is 2.42 bits per heavy atom. The van der Waals surface area contributed by atoms with Crippen LogP contribution in [-0.4, -0.2) is 18.0 Å². The summed E-state index contributed by atoms with van der Waals surface area (Å²) < 4.78 is 13.5. The number of nitriles is 1. The van der Waals surface area contributed by atoms with Crippen LogP contribution < -0.4 is 10.6 Å². The number of amides is 1. The Bertz CT molecular complexity index is 530. The molecule has 19 heavy (non-hydrogen) atoms. The number of carbonyl (C=O) groups excluding carboxylic acids is 1. The second-order valence-electron chi connectivity index (χ2n) is 4.69. The topological polar surface area (TPSA) is 64.9 Å². The summed E-state index contributed by atoms with van der Waals surface area (Å²) in [6.07, 6.45) is 2.36. The molecule has 0 spiro atoms. The van der Waals surface area contributed by atoms with Gasteiger partial charge in [0.15, 0.2) is 0 Å². The highest BCUT2D eigenvalue weighted by Crippen LogP contribution is 2.26. The molecule has 0 bridgehead atoms. The maximum absolute atomic E-state index is 13.5. The minimum atomic E-state index is -0.620. The van der Waals surface area contributed by atoms with E-state index >= 15 is 0 Å². The summed E-state index contributed by atoms with van der Waals surface area (Å²) in [5.41, 5.74) is -0.492. The van der Waals surface area contributed by atoms with Crippen molar-refractivity contribution in [2.45, 2.75) is 31.7 Å². The molecule has 1 aliphatic rings. The van der Waals surface area contributed by atoms with Gasteiger partial charge >= 0.3 is 0 Å². The first-order valence-electron chi connectivity index (χ1n) is 6.38. The van der Waals surface area contributed by atoms with E-state index in [4.69, 9.17) is 5.26 Å². The van der Waals surface area contributed by atoms with Crippen molar-refractivity contribution in [3.05, 3.63) is 29.6 Å². The van der Waals surface area contributed by atoms with Crippen LogP contribution in [0, 0.1) is 17.1 Å². The zero-order valence-corrected chi connectivity index (χ0v) is 10.8. The van der Waals surface area contributed by atoms with Gasteiger partial charge in [0, 0.05) is 0 Å². The monoisotopic (exact) mass is 261 g/mol. The van der Waals surface area contributed by atoms with Crippen LogP contribution in [0.1, 0.15) is 31.7 Å². The Kier molecular flexibility index (Phi) is 3.82. The number of halogens is 1. The zero-order chi connectivity index (χ0) is 13.9. The first-order valence-corrected chi connectivity index (χ1v) is 6.38. The molecule has 0 saturated carbocycles. The van der Waals surface area contributed by atoms with Crippen LogP contribution in [0.3, 0.4) is 0 Å². The van der Waals surface area contributed by atoms with Crippen molar-refractivity contribution in [1.29, 1.82) is 5.26 Å². The molecule has 1 unspecified atom stereocenters. The summed E-state index contributed by atoms with van der Waals surface area (Å²) in [6.45, 7) is 2.74. The van der Waals surface area contributed by atoms with Gasteiger partial charge in [0.1, 0.15) is 17.4 Å². The van der Waals surface area contributed by atoms with Crippen LogP contribution in [0.25, 0.3) is 0 Å². The number of anilines is 1. The standard InChI is InChI=1S/C14H16FN3O/c1-2-14(7-4-8-17-14)13(19)18-12-6-3-5-11(15)10(12)9-16/h3,5-6,17H,2,4,7-8H2,1H3,(H,18,19). The Balaban J connectivity index is 2.24. The summed E-state index contributed by atoms with van der Waals surface area (Å²) in [5.74, 6) is -0.820. The molecule has 0 radical (unpaired) electrons. The third-order valence-corrected chi connectivity index (χ3v) is 3.66. The van der Waals surface area contributed by atoms with Gasteiger partial charge in [-0.15, -0.1) is 0 Å². The minimum absolute atomic E-state index is 0.125. The van der Waals surface area contributed by atoms with Crippen molar-refractivity contribution >= 4 is 11.6 Å². The summed E-state index contributed by atoms with van der Waals surface area (Å²) >= 11 is 0. The van der Waals surface area contributed by atoms with Crippen LogP contribution in [0.4, 0.5) is 10.1 Å². The highest BCUT2D eigenvalue weighted by Gasteiger charge is 2.39. The second-order valence-corrected chi connectivity index (χ2v) is 4.69. The molecule has 100 valence electrons. The number of rotatable bonds is 3. The van der Waals surface area contributed by atoms with E-state index in [0.717, 1.165) is 19.4 Å². The molecular weight excluding hydrogens is 245 g/mol. The largest absolute Gasteiger partial charge is 0.323 e. The van der Waals surface area contributed by atoms with Gasteiger partial charge in [-0.2, -0.15) is 5.26 Å². The number of nitrogens with zero attached hydrogens (tertiary/aromatic N) is 1. The van der Waals surface area contributed by atoms with E-state index in [1.165, 1.54) is 18.2 Å². The molecule has 4 nitrogen and oxygen atoms in total. The quantitative estimate of drug-likeness (QED) is 0.876. The molecule has 1 aliphatic heterocycles. The van der Waals surface area contributed by atoms with E-state index in [2.05, 4.69) is 10.6 Å². The normalized spacial score (nSPS) is 21.9. The molecule has 1 fully saturated rings. The van der Waals surface area contributed by atoms with E-state index in [1.54, 1.807) is 6.07 Å². The fourth-order valence-electron chi connectivity index (χ4n) is 2.45. The number of carbonyl (C=O) groups is 1. The summed E-state index contributed by atoms with van der Waals surface area (Å²) in [7, 11) is 0. The van der Waals surface area contributed by atoms with E-state index in [9.17, 15) is 9.18 Å². The van der Waals surface area contributed by atoms with Crippen LogP contribution >= 0.6 is 0 Å². The smallest absolute Gasteiger partial charge is 0.244 e. The van der Waals surface area contributed by atoms with Crippen LogP contribution in [-0.2, 0) is 4.79 Å². The highest BCUT2D eigenvalue weighted by molar-refractivity contribution is 5.99. The maximum atomic E-state index is 13.5. The lowest BCUT2D eigenvalue weighted by atomic mass is 9.93. The van der Waals surface area contributed by atoms with Gasteiger partial charge in [-0.1, -0.05) is 13.0 Å². The van der Waals surface area contributed by atoms with E-state index < -0.39 is 11.4 Å². The van der Waals surface area contributed by atoms with Crippen molar-refractivity contribution in [3.63, 3.8) is 0 Å². The molecule has 0 aliphatic carbocycles.